The van der Waals surface area contributed by atoms with E-state index in [1.165, 1.54) is 35.7 Å². The molecule has 270 valence electrons. The zero-order valence-electron chi connectivity index (χ0n) is 27.7. The quantitative estimate of drug-likeness (QED) is 0.0832. The lowest BCUT2D eigenvalue weighted by Gasteiger charge is -2.07. The van der Waals surface area contributed by atoms with Crippen molar-refractivity contribution < 1.29 is 37.0 Å². The first-order valence-electron chi connectivity index (χ1n) is 16.2. The first-order valence-corrected chi connectivity index (χ1v) is 17.1. The Labute approximate surface area is 304 Å². The van der Waals surface area contributed by atoms with E-state index in [-0.39, 0.29) is 48.7 Å². The SMILES string of the molecule is O=C(NCCCNC(=O)c1cc(-c2ccc(-c3ccc(C(=O)NCCCNC(=O)c4cc(-c5ccccc5)on4)c(F)n3)s2)on1)c1cncc(F)c1. The van der Waals surface area contributed by atoms with Crippen LogP contribution in [0.1, 0.15) is 54.5 Å². The van der Waals surface area contributed by atoms with Gasteiger partial charge in [-0.2, -0.15) is 4.39 Å². The highest BCUT2D eigenvalue weighted by atomic mass is 32.1. The average Bonchev–Trinajstić information content (AvgIpc) is 3.96. The number of nitrogens with one attached hydrogen (secondary N) is 4. The van der Waals surface area contributed by atoms with E-state index in [2.05, 4.69) is 41.5 Å². The van der Waals surface area contributed by atoms with Crippen LogP contribution in [-0.2, 0) is 0 Å². The van der Waals surface area contributed by atoms with E-state index in [0.29, 0.717) is 39.8 Å². The van der Waals surface area contributed by atoms with Crippen LogP contribution < -0.4 is 21.3 Å². The summed E-state index contributed by atoms with van der Waals surface area (Å²) >= 11 is 1.23. The molecule has 6 rings (SSSR count). The Morgan fingerprint density at radius 3 is 1.91 bits per heavy atom. The number of pyridine rings is 2. The molecule has 4 amide bonds. The lowest BCUT2D eigenvalue weighted by atomic mass is 10.1. The maximum Gasteiger partial charge on any atom is 0.273 e. The van der Waals surface area contributed by atoms with Crippen LogP contribution in [0.4, 0.5) is 8.78 Å². The Morgan fingerprint density at radius 1 is 0.642 bits per heavy atom. The highest BCUT2D eigenvalue weighted by Gasteiger charge is 2.19. The molecule has 14 nitrogen and oxygen atoms in total. The number of halogens is 2. The summed E-state index contributed by atoms with van der Waals surface area (Å²) in [4.78, 5) is 58.4. The van der Waals surface area contributed by atoms with Gasteiger partial charge in [0.25, 0.3) is 23.6 Å². The van der Waals surface area contributed by atoms with Crippen LogP contribution in [0.15, 0.2) is 94.2 Å². The molecular weight excluding hydrogens is 711 g/mol. The summed E-state index contributed by atoms with van der Waals surface area (Å²) in [5, 5.41) is 18.3. The number of rotatable bonds is 15. The summed E-state index contributed by atoms with van der Waals surface area (Å²) < 4.78 is 38.8. The van der Waals surface area contributed by atoms with E-state index in [1.54, 1.807) is 18.2 Å². The minimum atomic E-state index is -0.951. The van der Waals surface area contributed by atoms with Crippen LogP contribution >= 0.6 is 11.3 Å². The van der Waals surface area contributed by atoms with Crippen LogP contribution in [0.5, 0.6) is 0 Å². The number of carbonyl (C=O) groups is 4. The summed E-state index contributed by atoms with van der Waals surface area (Å²) in [6.07, 6.45) is 3.05. The molecule has 17 heteroatoms. The van der Waals surface area contributed by atoms with Crippen molar-refractivity contribution in [1.82, 2.24) is 41.5 Å². The number of hydrogen-bond donors (Lipinski definition) is 4. The van der Waals surface area contributed by atoms with Crippen LogP contribution in [0.2, 0.25) is 0 Å². The summed E-state index contributed by atoms with van der Waals surface area (Å²) in [5.74, 6) is -2.82. The smallest absolute Gasteiger partial charge is 0.273 e. The molecule has 1 aromatic carbocycles. The number of amides is 4. The average molecular weight is 741 g/mol. The molecule has 0 bridgehead atoms. The summed E-state index contributed by atoms with van der Waals surface area (Å²) in [5.41, 5.74) is 1.11. The van der Waals surface area contributed by atoms with Gasteiger partial charge in [-0.1, -0.05) is 40.6 Å². The van der Waals surface area contributed by atoms with Gasteiger partial charge in [0.15, 0.2) is 22.9 Å². The first-order chi connectivity index (χ1) is 25.7. The molecule has 5 aromatic heterocycles. The predicted molar refractivity (Wildman–Crippen MR) is 188 cm³/mol. The Morgan fingerprint density at radius 2 is 1.25 bits per heavy atom. The normalized spacial score (nSPS) is 10.8. The third-order valence-corrected chi connectivity index (χ3v) is 8.68. The van der Waals surface area contributed by atoms with Crippen molar-refractivity contribution in [3.63, 3.8) is 0 Å². The van der Waals surface area contributed by atoms with Crippen molar-refractivity contribution in [1.29, 1.82) is 0 Å². The molecule has 0 radical (unpaired) electrons. The molecule has 4 N–H and O–H groups in total. The fourth-order valence-corrected chi connectivity index (χ4v) is 5.79. The van der Waals surface area contributed by atoms with Gasteiger partial charge in [-0.3, -0.25) is 24.2 Å². The van der Waals surface area contributed by atoms with Crippen molar-refractivity contribution in [2.24, 2.45) is 0 Å². The number of benzene rings is 1. The Kier molecular flexibility index (Phi) is 11.6. The molecule has 0 unspecified atom stereocenters. The van der Waals surface area contributed by atoms with Crippen LogP contribution in [0.25, 0.3) is 32.5 Å². The number of thiophene rings is 1. The van der Waals surface area contributed by atoms with Gasteiger partial charge in [0.05, 0.1) is 32.8 Å². The maximum atomic E-state index is 14.9. The van der Waals surface area contributed by atoms with E-state index in [4.69, 9.17) is 9.05 Å². The fraction of sp³-hybridized carbons (Fsp3) is 0.167. The van der Waals surface area contributed by atoms with E-state index in [0.717, 1.165) is 17.8 Å². The largest absolute Gasteiger partial charge is 0.355 e. The van der Waals surface area contributed by atoms with Gasteiger partial charge in [-0.25, -0.2) is 9.37 Å². The van der Waals surface area contributed by atoms with Crippen molar-refractivity contribution in [2.75, 3.05) is 26.2 Å². The number of aromatic nitrogens is 4. The molecular formula is C36H30F2N8O6S. The van der Waals surface area contributed by atoms with E-state index >= 15 is 0 Å². The molecule has 0 aliphatic carbocycles. The molecule has 0 aliphatic rings. The van der Waals surface area contributed by atoms with Gasteiger partial charge in [0.2, 0.25) is 5.95 Å². The molecule has 0 atom stereocenters. The van der Waals surface area contributed by atoms with Crippen molar-refractivity contribution in [3.05, 3.63) is 119 Å². The highest BCUT2D eigenvalue weighted by molar-refractivity contribution is 7.18. The van der Waals surface area contributed by atoms with Crippen molar-refractivity contribution in [2.45, 2.75) is 12.8 Å². The lowest BCUT2D eigenvalue weighted by Crippen LogP contribution is -2.30. The van der Waals surface area contributed by atoms with Crippen LogP contribution in [0, 0.1) is 11.8 Å². The standard InChI is InChI=1S/C36H30F2N8O6S/c37-23-16-22(19-39-20-23)33(47)40-12-4-14-43-36(50)27-18-29(52-46-27)31-11-10-30(53-31)25-9-8-24(32(38)44-25)34(48)41-13-5-15-42-35(49)26-17-28(51-45-26)21-6-2-1-3-7-21/h1-3,6-11,16-20H,4-5,12-15H2,(H,40,47)(H,41,48)(H,42,49)(H,43,50). The maximum absolute atomic E-state index is 14.9. The second-order valence-electron chi connectivity index (χ2n) is 11.3. The van der Waals surface area contributed by atoms with Gasteiger partial charge in [-0.15, -0.1) is 11.3 Å². The number of nitrogens with zero attached hydrogens (tertiary/aromatic N) is 4. The summed E-state index contributed by atoms with van der Waals surface area (Å²) in [7, 11) is 0. The minimum absolute atomic E-state index is 0.0409. The Hall–Kier alpha value is -6.62. The molecule has 0 spiro atoms. The number of hydrogen-bond acceptors (Lipinski definition) is 11. The third-order valence-electron chi connectivity index (χ3n) is 7.55. The topological polar surface area (TPSA) is 194 Å². The molecule has 5 heterocycles. The zero-order chi connectivity index (χ0) is 37.2. The van der Waals surface area contributed by atoms with Gasteiger partial charge in [0.1, 0.15) is 5.82 Å². The van der Waals surface area contributed by atoms with Crippen LogP contribution in [0.3, 0.4) is 0 Å². The van der Waals surface area contributed by atoms with E-state index in [1.807, 2.05) is 30.3 Å². The van der Waals surface area contributed by atoms with E-state index < -0.39 is 35.4 Å². The van der Waals surface area contributed by atoms with Crippen molar-refractivity contribution >= 4 is 35.0 Å². The Balaban J connectivity index is 0.924. The van der Waals surface area contributed by atoms with E-state index in [9.17, 15) is 28.0 Å². The number of carbonyl (C=O) groups excluding carboxylic acids is 4. The molecule has 0 saturated carbocycles. The lowest BCUT2D eigenvalue weighted by molar-refractivity contribution is 0.0928. The third kappa shape index (κ3) is 9.39. The molecule has 0 aliphatic heterocycles. The van der Waals surface area contributed by atoms with Crippen LogP contribution in [-0.4, -0.2) is 70.1 Å². The predicted octanol–water partition coefficient (Wildman–Crippen LogP) is 4.89. The molecule has 6 aromatic rings. The Bertz CT molecular complexity index is 2240. The summed E-state index contributed by atoms with van der Waals surface area (Å²) in [6.45, 7) is 0.886. The second kappa shape index (κ2) is 17.1. The van der Waals surface area contributed by atoms with Gasteiger partial charge < -0.3 is 30.3 Å². The second-order valence-corrected chi connectivity index (χ2v) is 12.4. The zero-order valence-corrected chi connectivity index (χ0v) is 28.5. The summed E-state index contributed by atoms with van der Waals surface area (Å²) in [6, 6.07) is 19.6. The van der Waals surface area contributed by atoms with Gasteiger partial charge in [-0.05, 0) is 43.2 Å². The van der Waals surface area contributed by atoms with Crippen molar-refractivity contribution in [3.8, 4) is 32.5 Å². The minimum Gasteiger partial charge on any atom is -0.355 e. The molecule has 53 heavy (non-hydrogen) atoms. The fourth-order valence-electron chi connectivity index (χ4n) is 4.87. The first kappa shape index (κ1) is 36.2. The van der Waals surface area contributed by atoms with Gasteiger partial charge in [0, 0.05) is 50.1 Å². The van der Waals surface area contributed by atoms with Gasteiger partial charge >= 0.3 is 0 Å². The molecule has 0 fully saturated rings. The monoisotopic (exact) mass is 740 g/mol. The molecule has 0 saturated heterocycles. The highest BCUT2D eigenvalue weighted by Crippen LogP contribution is 2.34.